The van der Waals surface area contributed by atoms with Crippen molar-refractivity contribution >= 4 is 17.5 Å². The molecule has 0 fully saturated rings. The Labute approximate surface area is 159 Å². The molecule has 0 radical (unpaired) electrons. The minimum Gasteiger partial charge on any atom is -0.348 e. The van der Waals surface area contributed by atoms with Gasteiger partial charge in [0.25, 0.3) is 5.91 Å². The van der Waals surface area contributed by atoms with Crippen LogP contribution >= 0.6 is 0 Å². The first kappa shape index (κ1) is 20.6. The Bertz CT molecular complexity index is 775. The quantitative estimate of drug-likeness (QED) is 0.695. The third kappa shape index (κ3) is 5.62. The van der Waals surface area contributed by atoms with Crippen LogP contribution in [0.25, 0.3) is 0 Å². The van der Waals surface area contributed by atoms with E-state index in [-0.39, 0.29) is 29.6 Å². The number of rotatable bonds is 7. The highest BCUT2D eigenvalue weighted by Gasteiger charge is 2.21. The van der Waals surface area contributed by atoms with E-state index in [0.717, 1.165) is 12.0 Å². The summed E-state index contributed by atoms with van der Waals surface area (Å²) in [7, 11) is 0. The molecule has 2 rings (SSSR count). The number of amides is 2. The fourth-order valence-corrected chi connectivity index (χ4v) is 2.56. The zero-order chi connectivity index (χ0) is 20.0. The lowest BCUT2D eigenvalue weighted by Crippen LogP contribution is -2.45. The van der Waals surface area contributed by atoms with Crippen molar-refractivity contribution in [2.45, 2.75) is 39.3 Å². The topological polar surface area (TPSA) is 84.2 Å². The second-order valence-corrected chi connectivity index (χ2v) is 6.72. The summed E-state index contributed by atoms with van der Waals surface area (Å²) in [5.74, 6) is -0.768. The van der Waals surface area contributed by atoms with Crippen LogP contribution in [0, 0.1) is 11.7 Å². The first-order valence-corrected chi connectivity index (χ1v) is 9.04. The van der Waals surface area contributed by atoms with E-state index in [9.17, 15) is 14.0 Å². The summed E-state index contributed by atoms with van der Waals surface area (Å²) in [6.07, 6.45) is 0.839. The molecule has 0 aliphatic carbocycles. The van der Waals surface area contributed by atoms with Crippen molar-refractivity contribution in [3.8, 4) is 0 Å². The molecule has 5 nitrogen and oxygen atoms in total. The van der Waals surface area contributed by atoms with Crippen LogP contribution in [0.4, 0.5) is 10.1 Å². The number of benzene rings is 2. The average molecular weight is 371 g/mol. The van der Waals surface area contributed by atoms with Crippen LogP contribution in [0.15, 0.2) is 48.5 Å². The maximum absolute atomic E-state index is 12.9. The number of hydrogen-bond donors (Lipinski definition) is 3. The largest absolute Gasteiger partial charge is 0.348 e. The second-order valence-electron chi connectivity index (χ2n) is 6.72. The number of nitrogens with one attached hydrogen (secondary N) is 2. The highest BCUT2D eigenvalue weighted by Crippen LogP contribution is 2.18. The fourth-order valence-electron chi connectivity index (χ4n) is 2.56. The van der Waals surface area contributed by atoms with Crippen molar-refractivity contribution in [1.29, 1.82) is 0 Å². The average Bonchev–Trinajstić information content (AvgIpc) is 2.67. The Balaban J connectivity index is 1.96. The number of carbonyl (C=O) groups is 2. The molecule has 0 aliphatic rings. The standard InChI is InChI=1S/C21H26FN3O2/c1-4-13(2)19(23)21(27)24-14(3)15-7-11-18(12-8-15)25-20(26)16-5-9-17(22)10-6-16/h5-14,19H,4,23H2,1-3H3,(H,24,27)(H,25,26). The van der Waals surface area contributed by atoms with Crippen LogP contribution in [0.2, 0.25) is 0 Å². The van der Waals surface area contributed by atoms with Crippen molar-refractivity contribution in [2.24, 2.45) is 11.7 Å². The first-order valence-electron chi connectivity index (χ1n) is 9.04. The summed E-state index contributed by atoms with van der Waals surface area (Å²) in [6.45, 7) is 5.83. The molecule has 27 heavy (non-hydrogen) atoms. The molecule has 3 atom stereocenters. The van der Waals surface area contributed by atoms with Crippen LogP contribution in [0.1, 0.15) is 49.2 Å². The molecule has 0 saturated heterocycles. The molecule has 0 saturated carbocycles. The van der Waals surface area contributed by atoms with E-state index in [4.69, 9.17) is 5.73 Å². The van der Waals surface area contributed by atoms with Gasteiger partial charge in [-0.05, 0) is 54.8 Å². The van der Waals surface area contributed by atoms with E-state index in [1.807, 2.05) is 32.9 Å². The lowest BCUT2D eigenvalue weighted by molar-refractivity contribution is -0.124. The molecule has 0 bridgehead atoms. The van der Waals surface area contributed by atoms with Gasteiger partial charge in [-0.15, -0.1) is 0 Å². The number of hydrogen-bond acceptors (Lipinski definition) is 3. The summed E-state index contributed by atoms with van der Waals surface area (Å²) < 4.78 is 12.9. The van der Waals surface area contributed by atoms with Crippen molar-refractivity contribution in [2.75, 3.05) is 5.32 Å². The zero-order valence-electron chi connectivity index (χ0n) is 15.8. The smallest absolute Gasteiger partial charge is 0.255 e. The van der Waals surface area contributed by atoms with E-state index in [0.29, 0.717) is 11.3 Å². The number of carbonyl (C=O) groups excluding carboxylic acids is 2. The number of anilines is 1. The maximum atomic E-state index is 12.9. The van der Waals surface area contributed by atoms with Gasteiger partial charge in [0.2, 0.25) is 5.91 Å². The molecule has 0 aliphatic heterocycles. The molecule has 0 spiro atoms. The van der Waals surface area contributed by atoms with E-state index in [1.54, 1.807) is 12.1 Å². The van der Waals surface area contributed by atoms with E-state index in [1.165, 1.54) is 24.3 Å². The lowest BCUT2D eigenvalue weighted by atomic mass is 9.98. The van der Waals surface area contributed by atoms with Crippen molar-refractivity contribution in [1.82, 2.24) is 5.32 Å². The summed E-state index contributed by atoms with van der Waals surface area (Å²) in [5.41, 5.74) is 7.85. The van der Waals surface area contributed by atoms with Crippen molar-refractivity contribution in [3.63, 3.8) is 0 Å². The Morgan fingerprint density at radius 3 is 2.19 bits per heavy atom. The molecule has 3 unspecified atom stereocenters. The molecular weight excluding hydrogens is 345 g/mol. The van der Waals surface area contributed by atoms with Crippen LogP contribution in [0.3, 0.4) is 0 Å². The van der Waals surface area contributed by atoms with Gasteiger partial charge in [-0.25, -0.2) is 4.39 Å². The summed E-state index contributed by atoms with van der Waals surface area (Å²) in [4.78, 5) is 24.4. The zero-order valence-corrected chi connectivity index (χ0v) is 15.8. The van der Waals surface area contributed by atoms with Gasteiger partial charge >= 0.3 is 0 Å². The molecule has 4 N–H and O–H groups in total. The predicted octanol–water partition coefficient (Wildman–Crippen LogP) is 3.63. The third-order valence-corrected chi connectivity index (χ3v) is 4.69. The van der Waals surface area contributed by atoms with Crippen molar-refractivity contribution < 1.29 is 14.0 Å². The molecule has 0 aromatic heterocycles. The maximum Gasteiger partial charge on any atom is 0.255 e. The second kappa shape index (κ2) is 9.28. The van der Waals surface area contributed by atoms with Crippen LogP contribution in [0.5, 0.6) is 0 Å². The van der Waals surface area contributed by atoms with E-state index >= 15 is 0 Å². The van der Waals surface area contributed by atoms with Gasteiger partial charge in [-0.1, -0.05) is 32.4 Å². The highest BCUT2D eigenvalue weighted by molar-refractivity contribution is 6.04. The molecule has 2 amide bonds. The predicted molar refractivity (Wildman–Crippen MR) is 105 cm³/mol. The van der Waals surface area contributed by atoms with Gasteiger partial charge in [-0.2, -0.15) is 0 Å². The molecule has 144 valence electrons. The van der Waals surface area contributed by atoms with Crippen molar-refractivity contribution in [3.05, 3.63) is 65.5 Å². The van der Waals surface area contributed by atoms with Crippen LogP contribution < -0.4 is 16.4 Å². The normalized spacial score (nSPS) is 14.1. The Morgan fingerprint density at radius 1 is 1.04 bits per heavy atom. The molecular formula is C21H26FN3O2. The lowest BCUT2D eigenvalue weighted by Gasteiger charge is -2.21. The Kier molecular flexibility index (Phi) is 7.07. The summed E-state index contributed by atoms with van der Waals surface area (Å²) in [5, 5.41) is 5.67. The third-order valence-electron chi connectivity index (χ3n) is 4.69. The van der Waals surface area contributed by atoms with Gasteiger partial charge in [0.15, 0.2) is 0 Å². The van der Waals surface area contributed by atoms with Crippen LogP contribution in [-0.4, -0.2) is 17.9 Å². The SMILES string of the molecule is CCC(C)C(N)C(=O)NC(C)c1ccc(NC(=O)c2ccc(F)cc2)cc1. The molecule has 2 aromatic carbocycles. The fraction of sp³-hybridized carbons (Fsp3) is 0.333. The Hall–Kier alpha value is -2.73. The van der Waals surface area contributed by atoms with Gasteiger partial charge in [0.05, 0.1) is 12.1 Å². The minimum absolute atomic E-state index is 0.112. The number of nitrogens with two attached hydrogens (primary N) is 1. The van der Waals surface area contributed by atoms with Gasteiger partial charge < -0.3 is 16.4 Å². The van der Waals surface area contributed by atoms with Crippen LogP contribution in [-0.2, 0) is 4.79 Å². The van der Waals surface area contributed by atoms with Gasteiger partial charge in [0.1, 0.15) is 5.82 Å². The monoisotopic (exact) mass is 371 g/mol. The first-order chi connectivity index (χ1) is 12.8. The molecule has 0 heterocycles. The summed E-state index contributed by atoms with van der Waals surface area (Å²) in [6, 6.07) is 11.8. The summed E-state index contributed by atoms with van der Waals surface area (Å²) >= 11 is 0. The highest BCUT2D eigenvalue weighted by atomic mass is 19.1. The van der Waals surface area contributed by atoms with E-state index in [2.05, 4.69) is 10.6 Å². The number of halogens is 1. The van der Waals surface area contributed by atoms with E-state index < -0.39 is 6.04 Å². The van der Waals surface area contributed by atoms with Gasteiger partial charge in [0, 0.05) is 11.3 Å². The molecule has 6 heteroatoms. The van der Waals surface area contributed by atoms with Gasteiger partial charge in [-0.3, -0.25) is 9.59 Å². The molecule has 2 aromatic rings. The minimum atomic E-state index is -0.535. The Morgan fingerprint density at radius 2 is 1.63 bits per heavy atom.